The number of rotatable bonds is 6. The lowest BCUT2D eigenvalue weighted by molar-refractivity contribution is -0.384. The van der Waals surface area contributed by atoms with Crippen LogP contribution in [0.5, 0.6) is 17.2 Å². The quantitative estimate of drug-likeness (QED) is 0.645. The highest BCUT2D eigenvalue weighted by Crippen LogP contribution is 2.38. The van der Waals surface area contributed by atoms with E-state index in [2.05, 4.69) is 5.32 Å². The van der Waals surface area contributed by atoms with Crippen molar-refractivity contribution in [1.29, 1.82) is 0 Å². The van der Waals surface area contributed by atoms with E-state index in [0.717, 1.165) is 0 Å². The maximum absolute atomic E-state index is 12.4. The summed E-state index contributed by atoms with van der Waals surface area (Å²) in [7, 11) is 4.35. The molecule has 0 radical (unpaired) electrons. The molecule has 2 rings (SSSR count). The monoisotopic (exact) mass is 332 g/mol. The molecule has 0 aliphatic heterocycles. The zero-order valence-electron chi connectivity index (χ0n) is 13.4. The van der Waals surface area contributed by atoms with Crippen molar-refractivity contribution in [2.24, 2.45) is 0 Å². The van der Waals surface area contributed by atoms with Crippen LogP contribution in [0.1, 0.15) is 10.4 Å². The third-order valence-corrected chi connectivity index (χ3v) is 3.24. The summed E-state index contributed by atoms with van der Waals surface area (Å²) in [5.74, 6) is 0.573. The number of amides is 1. The number of hydrogen-bond donors (Lipinski definition) is 1. The largest absolute Gasteiger partial charge is 0.493 e. The summed E-state index contributed by atoms with van der Waals surface area (Å²) < 4.78 is 15.6. The number of carbonyl (C=O) groups is 1. The highest BCUT2D eigenvalue weighted by Gasteiger charge is 2.17. The van der Waals surface area contributed by atoms with Crippen LogP contribution in [-0.4, -0.2) is 32.2 Å². The van der Waals surface area contributed by atoms with Crippen molar-refractivity contribution >= 4 is 17.3 Å². The number of anilines is 1. The molecule has 0 saturated carbocycles. The molecule has 0 unspecified atom stereocenters. The number of carbonyl (C=O) groups excluding carboxylic acids is 1. The van der Waals surface area contributed by atoms with Crippen LogP contribution in [-0.2, 0) is 0 Å². The van der Waals surface area contributed by atoms with Gasteiger partial charge in [0.15, 0.2) is 11.5 Å². The molecule has 8 nitrogen and oxygen atoms in total. The van der Waals surface area contributed by atoms with Crippen molar-refractivity contribution in [3.63, 3.8) is 0 Å². The zero-order chi connectivity index (χ0) is 17.7. The average Bonchev–Trinajstić information content (AvgIpc) is 2.60. The normalized spacial score (nSPS) is 9.96. The Balaban J connectivity index is 2.33. The summed E-state index contributed by atoms with van der Waals surface area (Å²) in [5.41, 5.74) is 0.455. The molecular weight excluding hydrogens is 316 g/mol. The van der Waals surface area contributed by atoms with E-state index in [-0.39, 0.29) is 11.3 Å². The van der Waals surface area contributed by atoms with Crippen LogP contribution in [0.2, 0.25) is 0 Å². The SMILES string of the molecule is COc1cc(C(=O)Nc2cccc([N+](=O)[O-])c2)cc(OC)c1OC. The van der Waals surface area contributed by atoms with Crippen molar-refractivity contribution < 1.29 is 23.9 Å². The van der Waals surface area contributed by atoms with Gasteiger partial charge in [0, 0.05) is 23.4 Å². The van der Waals surface area contributed by atoms with Crippen LogP contribution in [0.25, 0.3) is 0 Å². The number of ether oxygens (including phenoxy) is 3. The molecular formula is C16H16N2O6. The average molecular weight is 332 g/mol. The second kappa shape index (κ2) is 7.32. The zero-order valence-corrected chi connectivity index (χ0v) is 13.4. The van der Waals surface area contributed by atoms with E-state index in [1.807, 2.05) is 0 Å². The number of methoxy groups -OCH3 is 3. The van der Waals surface area contributed by atoms with Crippen molar-refractivity contribution in [1.82, 2.24) is 0 Å². The van der Waals surface area contributed by atoms with E-state index in [1.165, 1.54) is 51.7 Å². The van der Waals surface area contributed by atoms with Crippen molar-refractivity contribution in [2.45, 2.75) is 0 Å². The summed E-state index contributed by atoms with van der Waals surface area (Å²) in [6.07, 6.45) is 0. The second-order valence-corrected chi connectivity index (χ2v) is 4.68. The van der Waals surface area contributed by atoms with Crippen LogP contribution in [0.15, 0.2) is 36.4 Å². The number of nitro benzene ring substituents is 1. The molecule has 0 aliphatic rings. The molecule has 8 heteroatoms. The summed E-state index contributed by atoms with van der Waals surface area (Å²) in [6.45, 7) is 0. The van der Waals surface area contributed by atoms with Crippen LogP contribution in [0.4, 0.5) is 11.4 Å². The lowest BCUT2D eigenvalue weighted by Crippen LogP contribution is -2.12. The van der Waals surface area contributed by atoms with Gasteiger partial charge in [-0.25, -0.2) is 0 Å². The van der Waals surface area contributed by atoms with Crippen LogP contribution < -0.4 is 19.5 Å². The van der Waals surface area contributed by atoms with Gasteiger partial charge in [0.1, 0.15) is 0 Å². The Labute approximate surface area is 138 Å². The molecule has 1 N–H and O–H groups in total. The number of nitrogens with one attached hydrogen (secondary N) is 1. The highest BCUT2D eigenvalue weighted by molar-refractivity contribution is 6.05. The Morgan fingerprint density at radius 1 is 1.04 bits per heavy atom. The lowest BCUT2D eigenvalue weighted by atomic mass is 10.1. The third kappa shape index (κ3) is 3.54. The number of benzene rings is 2. The van der Waals surface area contributed by atoms with Crippen molar-refractivity contribution in [3.05, 3.63) is 52.1 Å². The standard InChI is InChI=1S/C16H16N2O6/c1-22-13-7-10(8-14(23-2)15(13)24-3)16(19)17-11-5-4-6-12(9-11)18(20)21/h4-9H,1-3H3,(H,17,19). The minimum atomic E-state index is -0.533. The first-order valence-corrected chi connectivity index (χ1v) is 6.86. The van der Waals surface area contributed by atoms with Gasteiger partial charge in [-0.05, 0) is 18.2 Å². The van der Waals surface area contributed by atoms with Crippen LogP contribution >= 0.6 is 0 Å². The van der Waals surface area contributed by atoms with E-state index in [0.29, 0.717) is 22.9 Å². The molecule has 0 fully saturated rings. The Morgan fingerprint density at radius 2 is 1.67 bits per heavy atom. The molecule has 0 spiro atoms. The van der Waals surface area contributed by atoms with Gasteiger partial charge in [0.25, 0.3) is 11.6 Å². The summed E-state index contributed by atoms with van der Waals surface area (Å²) >= 11 is 0. The van der Waals surface area contributed by atoms with Crippen molar-refractivity contribution in [2.75, 3.05) is 26.6 Å². The lowest BCUT2D eigenvalue weighted by Gasteiger charge is -2.14. The summed E-state index contributed by atoms with van der Waals surface area (Å²) in [5, 5.41) is 13.4. The molecule has 2 aromatic carbocycles. The molecule has 1 amide bonds. The minimum absolute atomic E-state index is 0.113. The predicted octanol–water partition coefficient (Wildman–Crippen LogP) is 2.87. The third-order valence-electron chi connectivity index (χ3n) is 3.24. The fraction of sp³-hybridized carbons (Fsp3) is 0.188. The number of hydrogen-bond acceptors (Lipinski definition) is 6. The molecule has 0 saturated heterocycles. The van der Waals surface area contributed by atoms with Gasteiger partial charge in [-0.2, -0.15) is 0 Å². The summed E-state index contributed by atoms with van der Waals surface area (Å²) in [6, 6.07) is 8.65. The molecule has 0 aliphatic carbocycles. The highest BCUT2D eigenvalue weighted by atomic mass is 16.6. The Kier molecular flexibility index (Phi) is 5.20. The van der Waals surface area contributed by atoms with Gasteiger partial charge in [0.2, 0.25) is 5.75 Å². The topological polar surface area (TPSA) is 99.9 Å². The Bertz CT molecular complexity index is 750. The molecule has 0 heterocycles. The molecule has 0 atom stereocenters. The predicted molar refractivity (Wildman–Crippen MR) is 87.1 cm³/mol. The van der Waals surface area contributed by atoms with Gasteiger partial charge in [-0.15, -0.1) is 0 Å². The van der Waals surface area contributed by atoms with Gasteiger partial charge in [0.05, 0.1) is 26.3 Å². The fourth-order valence-electron chi connectivity index (χ4n) is 2.11. The van der Waals surface area contributed by atoms with Crippen molar-refractivity contribution in [3.8, 4) is 17.2 Å². The van der Waals surface area contributed by atoms with E-state index in [4.69, 9.17) is 14.2 Å². The molecule has 0 bridgehead atoms. The van der Waals surface area contributed by atoms with Crippen LogP contribution in [0.3, 0.4) is 0 Å². The maximum atomic E-state index is 12.4. The smallest absolute Gasteiger partial charge is 0.271 e. The number of nitrogens with zero attached hydrogens (tertiary/aromatic N) is 1. The Hall–Kier alpha value is -3.29. The first kappa shape index (κ1) is 17.1. The van der Waals surface area contributed by atoms with E-state index in [9.17, 15) is 14.9 Å². The summed E-state index contributed by atoms with van der Waals surface area (Å²) in [4.78, 5) is 22.7. The molecule has 0 aromatic heterocycles. The Morgan fingerprint density at radius 3 is 2.17 bits per heavy atom. The molecule has 2 aromatic rings. The van der Waals surface area contributed by atoms with Gasteiger partial charge in [-0.3, -0.25) is 14.9 Å². The number of nitro groups is 1. The van der Waals surface area contributed by atoms with E-state index < -0.39 is 10.8 Å². The first-order valence-electron chi connectivity index (χ1n) is 6.86. The minimum Gasteiger partial charge on any atom is -0.493 e. The maximum Gasteiger partial charge on any atom is 0.271 e. The van der Waals surface area contributed by atoms with Gasteiger partial charge >= 0.3 is 0 Å². The van der Waals surface area contributed by atoms with Gasteiger partial charge in [-0.1, -0.05) is 6.07 Å². The fourth-order valence-corrected chi connectivity index (χ4v) is 2.11. The molecule has 126 valence electrons. The van der Waals surface area contributed by atoms with E-state index >= 15 is 0 Å². The van der Waals surface area contributed by atoms with Gasteiger partial charge < -0.3 is 19.5 Å². The van der Waals surface area contributed by atoms with E-state index in [1.54, 1.807) is 6.07 Å². The first-order chi connectivity index (χ1) is 11.5. The second-order valence-electron chi connectivity index (χ2n) is 4.68. The van der Waals surface area contributed by atoms with Crippen LogP contribution in [0, 0.1) is 10.1 Å². The number of non-ortho nitro benzene ring substituents is 1. The molecule has 24 heavy (non-hydrogen) atoms.